The molecule has 1 aromatic rings. The number of β-amino-alcohol motifs (C(OH)–C–C–N with tert-alkyl or cyclic N) is 1. The van der Waals surface area contributed by atoms with E-state index < -0.39 is 11.9 Å². The monoisotopic (exact) mass is 374 g/mol. The van der Waals surface area contributed by atoms with Crippen molar-refractivity contribution in [1.29, 1.82) is 0 Å². The number of aliphatic hydroxyl groups excluding tert-OH is 1. The van der Waals surface area contributed by atoms with Gasteiger partial charge in [0.1, 0.15) is 11.4 Å². The van der Waals surface area contributed by atoms with Crippen molar-refractivity contribution in [3.8, 4) is 5.75 Å². The molecule has 1 aliphatic rings. The molecule has 130 valence electrons. The number of amides is 1. The van der Waals surface area contributed by atoms with E-state index in [1.54, 1.807) is 0 Å². The fourth-order valence-electron chi connectivity index (χ4n) is 2.26. The largest absolute Gasteiger partial charge is 0.495 e. The van der Waals surface area contributed by atoms with Gasteiger partial charge in [-0.1, -0.05) is 23.2 Å². The molecule has 0 fully saturated rings. The van der Waals surface area contributed by atoms with Crippen LogP contribution in [-0.2, 0) is 14.3 Å². The number of esters is 1. The van der Waals surface area contributed by atoms with Crippen LogP contribution < -0.4 is 10.1 Å². The zero-order valence-electron chi connectivity index (χ0n) is 13.1. The first-order valence-electron chi connectivity index (χ1n) is 6.94. The van der Waals surface area contributed by atoms with E-state index in [9.17, 15) is 9.59 Å². The number of ether oxygens (including phenoxy) is 2. The number of aliphatic hydroxyl groups is 1. The number of hydrogen-bond donors (Lipinski definition) is 2. The summed E-state index contributed by atoms with van der Waals surface area (Å²) >= 11 is 12.1. The summed E-state index contributed by atoms with van der Waals surface area (Å²) < 4.78 is 9.83. The molecular weight excluding hydrogens is 359 g/mol. The predicted molar refractivity (Wildman–Crippen MR) is 89.3 cm³/mol. The van der Waals surface area contributed by atoms with Gasteiger partial charge in [-0.05, 0) is 6.07 Å². The van der Waals surface area contributed by atoms with Gasteiger partial charge in [-0.2, -0.15) is 0 Å². The van der Waals surface area contributed by atoms with Crippen molar-refractivity contribution in [2.24, 2.45) is 0 Å². The highest BCUT2D eigenvalue weighted by Crippen LogP contribution is 2.35. The van der Waals surface area contributed by atoms with E-state index in [0.717, 1.165) is 0 Å². The van der Waals surface area contributed by atoms with Gasteiger partial charge in [0, 0.05) is 12.6 Å². The third-order valence-electron chi connectivity index (χ3n) is 3.45. The van der Waals surface area contributed by atoms with E-state index in [1.165, 1.54) is 31.3 Å². The summed E-state index contributed by atoms with van der Waals surface area (Å²) in [6, 6.07) is 2.99. The van der Waals surface area contributed by atoms with Gasteiger partial charge in [-0.25, -0.2) is 4.79 Å². The Hall–Kier alpha value is -1.96. The average Bonchev–Trinajstić information content (AvgIpc) is 2.86. The van der Waals surface area contributed by atoms with Crippen LogP contribution in [-0.4, -0.2) is 55.8 Å². The Morgan fingerprint density at radius 1 is 1.33 bits per heavy atom. The van der Waals surface area contributed by atoms with Crippen molar-refractivity contribution in [2.75, 3.05) is 39.2 Å². The van der Waals surface area contributed by atoms with Crippen molar-refractivity contribution >= 4 is 40.8 Å². The lowest BCUT2D eigenvalue weighted by Crippen LogP contribution is -2.31. The van der Waals surface area contributed by atoms with E-state index in [0.29, 0.717) is 16.5 Å². The molecule has 1 heterocycles. The summed E-state index contributed by atoms with van der Waals surface area (Å²) in [5, 5.41) is 12.5. The predicted octanol–water partition coefficient (Wildman–Crippen LogP) is 1.68. The summed E-state index contributed by atoms with van der Waals surface area (Å²) in [7, 11) is 2.67. The lowest BCUT2D eigenvalue weighted by atomic mass is 10.2. The number of carbonyl (C=O) groups is 2. The summed E-state index contributed by atoms with van der Waals surface area (Å²) in [5.74, 6) is -0.709. The molecule has 0 saturated carbocycles. The van der Waals surface area contributed by atoms with E-state index >= 15 is 0 Å². The number of methoxy groups -OCH3 is 2. The SMILES string of the molecule is COC(=O)C1=C(Nc2cc(OC)c(Cl)cc2Cl)C(=O)N(CCO)C1. The molecule has 0 radical (unpaired) electrons. The Labute approximate surface area is 148 Å². The number of hydrogen-bond acceptors (Lipinski definition) is 6. The van der Waals surface area contributed by atoms with Crippen LogP contribution in [0.5, 0.6) is 5.75 Å². The molecular formula is C15H16Cl2N2O5. The van der Waals surface area contributed by atoms with Crippen LogP contribution >= 0.6 is 23.2 Å². The molecule has 1 aliphatic heterocycles. The van der Waals surface area contributed by atoms with Crippen molar-refractivity contribution < 1.29 is 24.2 Å². The zero-order chi connectivity index (χ0) is 17.9. The second-order valence-electron chi connectivity index (χ2n) is 4.89. The highest BCUT2D eigenvalue weighted by atomic mass is 35.5. The molecule has 0 unspecified atom stereocenters. The number of benzene rings is 1. The lowest BCUT2D eigenvalue weighted by molar-refractivity contribution is -0.136. The summed E-state index contributed by atoms with van der Waals surface area (Å²) in [6.07, 6.45) is 0. The van der Waals surface area contributed by atoms with Crippen molar-refractivity contribution in [3.05, 3.63) is 33.4 Å². The van der Waals surface area contributed by atoms with Crippen LogP contribution in [0, 0.1) is 0 Å². The summed E-state index contributed by atoms with van der Waals surface area (Å²) in [5.41, 5.74) is 0.552. The molecule has 0 aliphatic carbocycles. The molecule has 2 N–H and O–H groups in total. The Morgan fingerprint density at radius 2 is 2.04 bits per heavy atom. The van der Waals surface area contributed by atoms with Gasteiger partial charge >= 0.3 is 5.97 Å². The van der Waals surface area contributed by atoms with Gasteiger partial charge in [0.25, 0.3) is 5.91 Å². The average molecular weight is 375 g/mol. The first kappa shape index (κ1) is 18.4. The molecule has 9 heteroatoms. The molecule has 24 heavy (non-hydrogen) atoms. The summed E-state index contributed by atoms with van der Waals surface area (Å²) in [6.45, 7) is -0.0814. The Balaban J connectivity index is 2.40. The van der Waals surface area contributed by atoms with Gasteiger partial charge in [0.05, 0.1) is 48.7 Å². The molecule has 0 bridgehead atoms. The number of carbonyl (C=O) groups excluding carboxylic acids is 2. The molecule has 2 rings (SSSR count). The molecule has 0 atom stereocenters. The normalized spacial score (nSPS) is 14.2. The van der Waals surface area contributed by atoms with E-state index in [-0.39, 0.29) is 36.0 Å². The molecule has 1 amide bonds. The minimum Gasteiger partial charge on any atom is -0.495 e. The highest BCUT2D eigenvalue weighted by Gasteiger charge is 2.34. The second-order valence-corrected chi connectivity index (χ2v) is 5.70. The minimum absolute atomic E-state index is 0.0384. The van der Waals surface area contributed by atoms with Gasteiger partial charge in [0.2, 0.25) is 0 Å². The number of anilines is 1. The topological polar surface area (TPSA) is 88.1 Å². The third-order valence-corrected chi connectivity index (χ3v) is 4.06. The van der Waals surface area contributed by atoms with Crippen LogP contribution in [0.2, 0.25) is 10.0 Å². The standard InChI is InChI=1S/C15H16Cl2N2O5/c1-23-12-6-11(9(16)5-10(12)17)18-13-8(15(22)24-2)7-19(3-4-20)14(13)21/h5-6,18,20H,3-4,7H2,1-2H3. The fraction of sp³-hybridized carbons (Fsp3) is 0.333. The fourth-order valence-corrected chi connectivity index (χ4v) is 2.77. The van der Waals surface area contributed by atoms with Crippen molar-refractivity contribution in [3.63, 3.8) is 0 Å². The minimum atomic E-state index is -0.636. The highest BCUT2D eigenvalue weighted by molar-refractivity contribution is 6.37. The quantitative estimate of drug-likeness (QED) is 0.736. The van der Waals surface area contributed by atoms with Gasteiger partial charge in [0.15, 0.2) is 0 Å². The van der Waals surface area contributed by atoms with Gasteiger partial charge in [-0.15, -0.1) is 0 Å². The van der Waals surface area contributed by atoms with Crippen LogP contribution in [0.15, 0.2) is 23.4 Å². The summed E-state index contributed by atoms with van der Waals surface area (Å²) in [4.78, 5) is 25.7. The van der Waals surface area contributed by atoms with Gasteiger partial charge < -0.3 is 24.8 Å². The van der Waals surface area contributed by atoms with E-state index in [2.05, 4.69) is 5.32 Å². The van der Waals surface area contributed by atoms with Gasteiger partial charge in [-0.3, -0.25) is 4.79 Å². The number of halogens is 2. The third kappa shape index (κ3) is 3.58. The molecule has 7 nitrogen and oxygen atoms in total. The van der Waals surface area contributed by atoms with Crippen molar-refractivity contribution in [2.45, 2.75) is 0 Å². The van der Waals surface area contributed by atoms with E-state index in [1.807, 2.05) is 0 Å². The Bertz CT molecular complexity index is 705. The maximum Gasteiger partial charge on any atom is 0.337 e. The van der Waals surface area contributed by atoms with Crippen LogP contribution in [0.3, 0.4) is 0 Å². The first-order chi connectivity index (χ1) is 11.4. The zero-order valence-corrected chi connectivity index (χ0v) is 14.6. The number of nitrogens with one attached hydrogen (secondary N) is 1. The molecule has 0 saturated heterocycles. The number of nitrogens with zero attached hydrogens (tertiary/aromatic N) is 1. The smallest absolute Gasteiger partial charge is 0.337 e. The molecule has 1 aromatic carbocycles. The maximum atomic E-state index is 12.4. The molecule has 0 spiro atoms. The lowest BCUT2D eigenvalue weighted by Gasteiger charge is -2.15. The van der Waals surface area contributed by atoms with E-state index in [4.69, 9.17) is 37.8 Å². The Morgan fingerprint density at radius 3 is 2.62 bits per heavy atom. The van der Waals surface area contributed by atoms with Crippen LogP contribution in [0.25, 0.3) is 0 Å². The van der Waals surface area contributed by atoms with Crippen molar-refractivity contribution in [1.82, 2.24) is 4.90 Å². The van der Waals surface area contributed by atoms with Crippen LogP contribution in [0.4, 0.5) is 5.69 Å². The Kier molecular flexibility index (Phi) is 5.93. The molecule has 0 aromatic heterocycles. The van der Waals surface area contributed by atoms with Crippen LogP contribution in [0.1, 0.15) is 0 Å². The first-order valence-corrected chi connectivity index (χ1v) is 7.70. The maximum absolute atomic E-state index is 12.4. The number of rotatable bonds is 6. The second kappa shape index (κ2) is 7.74.